The molecule has 0 bridgehead atoms. The van der Waals surface area contributed by atoms with Gasteiger partial charge >= 0.3 is 5.69 Å². The van der Waals surface area contributed by atoms with Gasteiger partial charge in [0.05, 0.1) is 6.54 Å². The molecule has 8 nitrogen and oxygen atoms in total. The molecule has 0 unspecified atom stereocenters. The van der Waals surface area contributed by atoms with Crippen molar-refractivity contribution in [1.82, 2.24) is 9.13 Å². The monoisotopic (exact) mass is 463 g/mol. The Balaban J connectivity index is 1.50. The number of aromatic nitrogens is 2. The third kappa shape index (κ3) is 5.18. The number of nitrogens with one attached hydrogen (secondary N) is 2. The molecule has 178 valence electrons. The Hall–Kier alpha value is -3.49. The highest BCUT2D eigenvalue weighted by Crippen LogP contribution is 2.09. The van der Waals surface area contributed by atoms with Crippen molar-refractivity contribution in [3.63, 3.8) is 0 Å². The van der Waals surface area contributed by atoms with Gasteiger partial charge in [-0.15, -0.1) is 0 Å². The van der Waals surface area contributed by atoms with E-state index in [1.54, 1.807) is 6.92 Å². The minimum atomic E-state index is -0.591. The summed E-state index contributed by atoms with van der Waals surface area (Å²) >= 11 is 0. The lowest BCUT2D eigenvalue weighted by atomic mass is 10.1. The van der Waals surface area contributed by atoms with Gasteiger partial charge in [0.15, 0.2) is 0 Å². The molecule has 1 aliphatic heterocycles. The van der Waals surface area contributed by atoms with Crippen molar-refractivity contribution < 1.29 is 14.6 Å². The van der Waals surface area contributed by atoms with Crippen LogP contribution >= 0.6 is 0 Å². The second-order valence-corrected chi connectivity index (χ2v) is 8.93. The number of ketones is 1. The SMILES string of the molecule is CCn1c(=O)c(C(=O)C[NH+]2CC[NH+](Cc3ccccc3)CC2)c(N)n(Cc2ccccc2)c1=O. The van der Waals surface area contributed by atoms with Crippen LogP contribution < -0.4 is 26.8 Å². The molecule has 0 radical (unpaired) electrons. The molecular formula is C26H33N5O3+2. The smallest absolute Gasteiger partial charge is 0.332 e. The van der Waals surface area contributed by atoms with Crippen LogP contribution in [0.4, 0.5) is 5.82 Å². The first-order valence-corrected chi connectivity index (χ1v) is 11.9. The number of hydrogen-bond acceptors (Lipinski definition) is 4. The van der Waals surface area contributed by atoms with E-state index in [0.717, 1.165) is 47.8 Å². The minimum absolute atomic E-state index is 0.0405. The Morgan fingerprint density at radius 2 is 1.41 bits per heavy atom. The first-order chi connectivity index (χ1) is 16.5. The summed E-state index contributed by atoms with van der Waals surface area (Å²) in [6.07, 6.45) is 0. The number of carbonyl (C=O) groups is 1. The van der Waals surface area contributed by atoms with Gasteiger partial charge in [0, 0.05) is 12.1 Å². The summed E-state index contributed by atoms with van der Waals surface area (Å²) in [5.41, 5.74) is 7.32. The number of carbonyl (C=O) groups excluding carboxylic acids is 1. The quantitative estimate of drug-likeness (QED) is 0.367. The Bertz CT molecular complexity index is 1240. The predicted molar refractivity (Wildman–Crippen MR) is 131 cm³/mol. The Morgan fingerprint density at radius 3 is 2.00 bits per heavy atom. The Kier molecular flexibility index (Phi) is 7.40. The number of nitrogens with two attached hydrogens (primary N) is 1. The molecule has 1 aliphatic rings. The molecule has 4 rings (SSSR count). The summed E-state index contributed by atoms with van der Waals surface area (Å²) in [4.78, 5) is 41.9. The van der Waals surface area contributed by atoms with Crippen molar-refractivity contribution in [2.24, 2.45) is 0 Å². The summed E-state index contributed by atoms with van der Waals surface area (Å²) < 4.78 is 2.44. The normalized spacial score (nSPS) is 18.0. The van der Waals surface area contributed by atoms with E-state index < -0.39 is 11.2 Å². The molecule has 3 aromatic rings. The summed E-state index contributed by atoms with van der Waals surface area (Å²) in [6.45, 7) is 6.89. The van der Waals surface area contributed by atoms with Gasteiger partial charge in [0.2, 0.25) is 5.78 Å². The van der Waals surface area contributed by atoms with Crippen LogP contribution in [0.25, 0.3) is 0 Å². The van der Waals surface area contributed by atoms with Crippen LogP contribution in [0.1, 0.15) is 28.4 Å². The summed E-state index contributed by atoms with van der Waals surface area (Å²) in [7, 11) is 0. The van der Waals surface area contributed by atoms with Crippen LogP contribution in [0.5, 0.6) is 0 Å². The van der Waals surface area contributed by atoms with E-state index in [9.17, 15) is 14.4 Å². The maximum absolute atomic E-state index is 13.3. The maximum Gasteiger partial charge on any atom is 0.332 e. The molecule has 1 aromatic heterocycles. The summed E-state index contributed by atoms with van der Waals surface area (Å²) in [5, 5.41) is 0. The highest BCUT2D eigenvalue weighted by molar-refractivity contribution is 6.00. The lowest BCUT2D eigenvalue weighted by Gasteiger charge is -2.29. The largest absolute Gasteiger partial charge is 0.384 e. The maximum atomic E-state index is 13.3. The van der Waals surface area contributed by atoms with Crippen LogP contribution in [0.3, 0.4) is 0 Å². The number of hydrogen-bond donors (Lipinski definition) is 3. The third-order valence-electron chi connectivity index (χ3n) is 6.62. The zero-order valence-electron chi connectivity index (χ0n) is 19.6. The molecule has 1 saturated heterocycles. The first kappa shape index (κ1) is 23.7. The number of benzene rings is 2. The van der Waals surface area contributed by atoms with Gasteiger partial charge in [-0.2, -0.15) is 0 Å². The van der Waals surface area contributed by atoms with Crippen molar-refractivity contribution in [2.75, 3.05) is 38.5 Å². The topological polar surface area (TPSA) is 96.0 Å². The standard InChI is InChI=1S/C26H31N5O3/c1-2-30-25(33)23(24(27)31(26(30)34)18-21-11-7-4-8-12-21)22(32)19-29-15-13-28(14-16-29)17-20-9-5-3-6-10-20/h3-12H,2,13-19,27H2,1H3/p+2. The molecule has 4 N–H and O–H groups in total. The highest BCUT2D eigenvalue weighted by atomic mass is 16.2. The lowest BCUT2D eigenvalue weighted by molar-refractivity contribution is -1.01. The number of Topliss-reactive ketones (excluding diaryl/α,β-unsaturated/α-hetero) is 1. The number of quaternary nitrogens is 2. The van der Waals surface area contributed by atoms with E-state index in [-0.39, 0.29) is 36.8 Å². The fourth-order valence-corrected chi connectivity index (χ4v) is 4.69. The van der Waals surface area contributed by atoms with E-state index in [2.05, 4.69) is 24.3 Å². The molecule has 0 atom stereocenters. The highest BCUT2D eigenvalue weighted by Gasteiger charge is 2.29. The van der Waals surface area contributed by atoms with Crippen molar-refractivity contribution in [1.29, 1.82) is 0 Å². The van der Waals surface area contributed by atoms with Gasteiger partial charge < -0.3 is 15.5 Å². The van der Waals surface area contributed by atoms with E-state index in [1.165, 1.54) is 15.0 Å². The Labute approximate surface area is 198 Å². The van der Waals surface area contributed by atoms with E-state index in [4.69, 9.17) is 5.73 Å². The van der Waals surface area contributed by atoms with Gasteiger partial charge in [-0.05, 0) is 12.5 Å². The zero-order chi connectivity index (χ0) is 24.1. The molecular weight excluding hydrogens is 430 g/mol. The van der Waals surface area contributed by atoms with Crippen LogP contribution in [-0.2, 0) is 19.6 Å². The Morgan fingerprint density at radius 1 is 0.853 bits per heavy atom. The average Bonchev–Trinajstić information content (AvgIpc) is 2.85. The van der Waals surface area contributed by atoms with E-state index in [0.29, 0.717) is 0 Å². The molecule has 34 heavy (non-hydrogen) atoms. The molecule has 2 heterocycles. The van der Waals surface area contributed by atoms with Gasteiger partial charge in [0.25, 0.3) is 5.56 Å². The van der Waals surface area contributed by atoms with Crippen molar-refractivity contribution in [2.45, 2.75) is 26.6 Å². The van der Waals surface area contributed by atoms with Crippen molar-refractivity contribution >= 4 is 11.6 Å². The average molecular weight is 464 g/mol. The molecule has 0 saturated carbocycles. The van der Waals surface area contributed by atoms with E-state index in [1.807, 2.05) is 36.4 Å². The number of anilines is 1. The molecule has 0 amide bonds. The van der Waals surface area contributed by atoms with Crippen LogP contribution in [0.15, 0.2) is 70.3 Å². The first-order valence-electron chi connectivity index (χ1n) is 11.9. The zero-order valence-corrected chi connectivity index (χ0v) is 19.6. The molecule has 2 aromatic carbocycles. The number of nitrogens with zero attached hydrogens (tertiary/aromatic N) is 2. The predicted octanol–water partition coefficient (Wildman–Crippen LogP) is -1.17. The second-order valence-electron chi connectivity index (χ2n) is 8.93. The molecule has 0 spiro atoms. The van der Waals surface area contributed by atoms with Gasteiger partial charge in [-0.25, -0.2) is 4.79 Å². The lowest BCUT2D eigenvalue weighted by Crippen LogP contribution is -3.27. The molecule has 0 aliphatic carbocycles. The fourth-order valence-electron chi connectivity index (χ4n) is 4.69. The fraction of sp³-hybridized carbons (Fsp3) is 0.346. The second kappa shape index (κ2) is 10.6. The van der Waals surface area contributed by atoms with E-state index >= 15 is 0 Å². The molecule has 8 heteroatoms. The summed E-state index contributed by atoms with van der Waals surface area (Å²) in [6, 6.07) is 19.8. The number of nitrogen functional groups attached to an aromatic ring is 1. The van der Waals surface area contributed by atoms with Crippen LogP contribution in [-0.4, -0.2) is 47.6 Å². The minimum Gasteiger partial charge on any atom is -0.384 e. The van der Waals surface area contributed by atoms with Crippen molar-refractivity contribution in [3.8, 4) is 0 Å². The van der Waals surface area contributed by atoms with Gasteiger partial charge in [-0.3, -0.25) is 18.7 Å². The van der Waals surface area contributed by atoms with Crippen LogP contribution in [0, 0.1) is 0 Å². The summed E-state index contributed by atoms with van der Waals surface area (Å²) in [5.74, 6) is -0.339. The third-order valence-corrected chi connectivity index (χ3v) is 6.62. The van der Waals surface area contributed by atoms with Gasteiger partial charge in [0.1, 0.15) is 50.6 Å². The number of rotatable bonds is 8. The van der Waals surface area contributed by atoms with Crippen molar-refractivity contribution in [3.05, 3.63) is 98.2 Å². The van der Waals surface area contributed by atoms with Crippen LogP contribution in [0.2, 0.25) is 0 Å². The molecule has 1 fully saturated rings. The van der Waals surface area contributed by atoms with Gasteiger partial charge in [-0.1, -0.05) is 60.7 Å². The number of piperazine rings is 1.